The van der Waals surface area contributed by atoms with Crippen LogP contribution >= 0.6 is 0 Å². The molecular weight excluding hydrogens is 254 g/mol. The summed E-state index contributed by atoms with van der Waals surface area (Å²) in [5.41, 5.74) is 0.181. The molecule has 1 heterocycles. The Kier molecular flexibility index (Phi) is 5.17. The van der Waals surface area contributed by atoms with Gasteiger partial charge < -0.3 is 10.1 Å². The zero-order chi connectivity index (χ0) is 14.4. The Labute approximate surface area is 120 Å². The lowest BCUT2D eigenvalue weighted by atomic mass is 9.69. The van der Waals surface area contributed by atoms with Crippen LogP contribution in [0, 0.1) is 5.41 Å². The second-order valence-electron chi connectivity index (χ2n) is 5.81. The molecule has 1 N–H and O–H groups in total. The van der Waals surface area contributed by atoms with E-state index in [4.69, 9.17) is 4.74 Å². The minimum Gasteiger partial charge on any atom is -0.381 e. The van der Waals surface area contributed by atoms with E-state index < -0.39 is 0 Å². The summed E-state index contributed by atoms with van der Waals surface area (Å²) in [5, 5.41) is 7.23. The minimum atomic E-state index is 0.0919. The van der Waals surface area contributed by atoms with Crippen molar-refractivity contribution in [1.29, 1.82) is 0 Å². The zero-order valence-electron chi connectivity index (χ0n) is 12.5. The summed E-state index contributed by atoms with van der Waals surface area (Å²) in [4.78, 5) is 12.0. The van der Waals surface area contributed by atoms with Crippen molar-refractivity contribution in [3.8, 4) is 0 Å². The molecule has 5 heteroatoms. The first kappa shape index (κ1) is 15.0. The van der Waals surface area contributed by atoms with Gasteiger partial charge in [0.1, 0.15) is 0 Å². The van der Waals surface area contributed by atoms with Gasteiger partial charge >= 0.3 is 0 Å². The van der Waals surface area contributed by atoms with E-state index in [1.54, 1.807) is 6.20 Å². The standard InChI is InChI=1S/C15H25N3O2/c1-3-20-12-15(6-4-7-15)11-16-14(19)10-13(2)18-9-5-8-17-18/h5,8-9,13H,3-4,6-7,10-12H2,1-2H3,(H,16,19)/t13-/m1/s1. The number of carbonyl (C=O) groups excluding carboxylic acids is 1. The summed E-state index contributed by atoms with van der Waals surface area (Å²) < 4.78 is 7.37. The number of hydrogen-bond acceptors (Lipinski definition) is 3. The average molecular weight is 279 g/mol. The zero-order valence-corrected chi connectivity index (χ0v) is 12.5. The highest BCUT2D eigenvalue weighted by atomic mass is 16.5. The molecule has 1 amide bonds. The number of nitrogens with one attached hydrogen (secondary N) is 1. The van der Waals surface area contributed by atoms with Crippen molar-refractivity contribution in [2.45, 2.75) is 45.6 Å². The molecule has 0 spiro atoms. The van der Waals surface area contributed by atoms with Gasteiger partial charge in [-0.15, -0.1) is 0 Å². The van der Waals surface area contributed by atoms with Crippen LogP contribution in [0.3, 0.4) is 0 Å². The van der Waals surface area contributed by atoms with Crippen LogP contribution in [0.25, 0.3) is 0 Å². The number of hydrogen-bond donors (Lipinski definition) is 1. The molecule has 0 aliphatic heterocycles. The van der Waals surface area contributed by atoms with Crippen molar-refractivity contribution in [3.05, 3.63) is 18.5 Å². The molecule has 0 saturated heterocycles. The van der Waals surface area contributed by atoms with Gasteiger partial charge in [-0.3, -0.25) is 9.48 Å². The van der Waals surface area contributed by atoms with Crippen molar-refractivity contribution in [3.63, 3.8) is 0 Å². The molecule has 0 bridgehead atoms. The SMILES string of the molecule is CCOCC1(CNC(=O)C[C@@H](C)n2cccn2)CCC1. The second kappa shape index (κ2) is 6.88. The van der Waals surface area contributed by atoms with Gasteiger partial charge in [0.05, 0.1) is 12.6 Å². The molecular formula is C15H25N3O2. The first-order valence-electron chi connectivity index (χ1n) is 7.49. The Bertz CT molecular complexity index is 413. The fraction of sp³-hybridized carbons (Fsp3) is 0.733. The normalized spacial score (nSPS) is 18.3. The number of rotatable bonds is 8. The molecule has 1 fully saturated rings. The molecule has 1 aromatic heterocycles. The molecule has 0 unspecified atom stereocenters. The fourth-order valence-corrected chi connectivity index (χ4v) is 2.63. The van der Waals surface area contributed by atoms with E-state index in [2.05, 4.69) is 10.4 Å². The topological polar surface area (TPSA) is 56.1 Å². The molecule has 2 rings (SSSR count). The lowest BCUT2D eigenvalue weighted by molar-refractivity contribution is -0.123. The predicted octanol–water partition coefficient (Wildman–Crippen LogP) is 2.16. The fourth-order valence-electron chi connectivity index (χ4n) is 2.63. The smallest absolute Gasteiger partial charge is 0.222 e. The molecule has 5 nitrogen and oxygen atoms in total. The van der Waals surface area contributed by atoms with Crippen LogP contribution in [0.4, 0.5) is 0 Å². The number of nitrogens with zero attached hydrogens (tertiary/aromatic N) is 2. The van der Waals surface area contributed by atoms with Crippen molar-refractivity contribution in [2.24, 2.45) is 5.41 Å². The van der Waals surface area contributed by atoms with Crippen molar-refractivity contribution >= 4 is 5.91 Å². The summed E-state index contributed by atoms with van der Waals surface area (Å²) in [6.45, 7) is 6.25. The lowest BCUT2D eigenvalue weighted by Gasteiger charge is -2.41. The van der Waals surface area contributed by atoms with Crippen LogP contribution in [0.5, 0.6) is 0 Å². The van der Waals surface area contributed by atoms with E-state index in [0.29, 0.717) is 6.42 Å². The molecule has 1 saturated carbocycles. The summed E-state index contributed by atoms with van der Waals surface area (Å²) in [7, 11) is 0. The Morgan fingerprint density at radius 1 is 1.55 bits per heavy atom. The molecule has 1 aliphatic rings. The molecule has 20 heavy (non-hydrogen) atoms. The summed E-state index contributed by atoms with van der Waals surface area (Å²) in [6.07, 6.45) is 7.64. The first-order chi connectivity index (χ1) is 9.65. The van der Waals surface area contributed by atoms with E-state index in [0.717, 1.165) is 32.6 Å². The van der Waals surface area contributed by atoms with E-state index in [-0.39, 0.29) is 17.4 Å². The van der Waals surface area contributed by atoms with Crippen LogP contribution in [-0.4, -0.2) is 35.4 Å². The van der Waals surface area contributed by atoms with Crippen LogP contribution in [0.15, 0.2) is 18.5 Å². The van der Waals surface area contributed by atoms with Gasteiger partial charge in [0, 0.05) is 37.4 Å². The Balaban J connectivity index is 1.74. The van der Waals surface area contributed by atoms with Gasteiger partial charge in [-0.25, -0.2) is 0 Å². The average Bonchev–Trinajstić information content (AvgIpc) is 2.91. The molecule has 0 aromatic carbocycles. The summed E-state index contributed by atoms with van der Waals surface area (Å²) in [5.74, 6) is 0.0933. The van der Waals surface area contributed by atoms with Gasteiger partial charge in [-0.05, 0) is 32.8 Å². The highest BCUT2D eigenvalue weighted by Crippen LogP contribution is 2.40. The maximum atomic E-state index is 12.0. The number of ether oxygens (including phenoxy) is 1. The van der Waals surface area contributed by atoms with Gasteiger partial charge in [-0.2, -0.15) is 5.10 Å². The van der Waals surface area contributed by atoms with Gasteiger partial charge in [0.15, 0.2) is 0 Å². The molecule has 1 atom stereocenters. The number of amides is 1. The van der Waals surface area contributed by atoms with Crippen molar-refractivity contribution in [1.82, 2.24) is 15.1 Å². The van der Waals surface area contributed by atoms with E-state index in [1.807, 2.05) is 30.8 Å². The summed E-state index contributed by atoms with van der Waals surface area (Å²) in [6, 6.07) is 1.97. The van der Waals surface area contributed by atoms with E-state index >= 15 is 0 Å². The Hall–Kier alpha value is -1.36. The number of carbonyl (C=O) groups is 1. The third-order valence-electron chi connectivity index (χ3n) is 4.14. The molecule has 1 aromatic rings. The monoisotopic (exact) mass is 279 g/mol. The largest absolute Gasteiger partial charge is 0.381 e. The van der Waals surface area contributed by atoms with Crippen molar-refractivity contribution < 1.29 is 9.53 Å². The van der Waals surface area contributed by atoms with Crippen LogP contribution in [0.2, 0.25) is 0 Å². The lowest BCUT2D eigenvalue weighted by Crippen LogP contribution is -2.45. The van der Waals surface area contributed by atoms with Crippen LogP contribution < -0.4 is 5.32 Å². The maximum absolute atomic E-state index is 12.0. The highest BCUT2D eigenvalue weighted by Gasteiger charge is 2.37. The first-order valence-corrected chi connectivity index (χ1v) is 7.49. The van der Waals surface area contributed by atoms with Gasteiger partial charge in [0.25, 0.3) is 0 Å². The predicted molar refractivity (Wildman–Crippen MR) is 77.3 cm³/mol. The maximum Gasteiger partial charge on any atom is 0.222 e. The Morgan fingerprint density at radius 2 is 2.35 bits per heavy atom. The summed E-state index contributed by atoms with van der Waals surface area (Å²) >= 11 is 0. The van der Waals surface area contributed by atoms with E-state index in [9.17, 15) is 4.79 Å². The van der Waals surface area contributed by atoms with Crippen LogP contribution in [-0.2, 0) is 9.53 Å². The van der Waals surface area contributed by atoms with Gasteiger partial charge in [-0.1, -0.05) is 6.42 Å². The third-order valence-corrected chi connectivity index (χ3v) is 4.14. The Morgan fingerprint density at radius 3 is 2.90 bits per heavy atom. The number of aromatic nitrogens is 2. The highest BCUT2D eigenvalue weighted by molar-refractivity contribution is 5.76. The second-order valence-corrected chi connectivity index (χ2v) is 5.81. The van der Waals surface area contributed by atoms with Crippen LogP contribution in [0.1, 0.15) is 45.6 Å². The minimum absolute atomic E-state index is 0.0919. The van der Waals surface area contributed by atoms with Gasteiger partial charge in [0.2, 0.25) is 5.91 Å². The quantitative estimate of drug-likeness (QED) is 0.793. The van der Waals surface area contributed by atoms with E-state index in [1.165, 1.54) is 6.42 Å². The molecule has 0 radical (unpaired) electrons. The third kappa shape index (κ3) is 3.82. The molecule has 1 aliphatic carbocycles. The molecule has 112 valence electrons. The van der Waals surface area contributed by atoms with Crippen molar-refractivity contribution in [2.75, 3.05) is 19.8 Å².